The molecule has 2 N–H and O–H groups in total. The predicted octanol–water partition coefficient (Wildman–Crippen LogP) is 5.29. The minimum Gasteiger partial charge on any atom is -0.326 e. The zero-order valence-corrected chi connectivity index (χ0v) is 19.9. The maximum Gasteiger partial charge on any atom is 0.255 e. The molecule has 3 aromatic carbocycles. The van der Waals surface area contributed by atoms with Crippen molar-refractivity contribution in [3.63, 3.8) is 0 Å². The molecule has 35 heavy (non-hydrogen) atoms. The average molecular weight is 465 g/mol. The molecule has 1 aromatic heterocycles. The molecule has 0 aliphatic heterocycles. The van der Waals surface area contributed by atoms with Gasteiger partial charge in [-0.1, -0.05) is 36.4 Å². The number of anilines is 2. The van der Waals surface area contributed by atoms with Crippen LogP contribution in [0.4, 0.5) is 11.4 Å². The van der Waals surface area contributed by atoms with Crippen molar-refractivity contribution in [1.82, 2.24) is 9.88 Å². The summed E-state index contributed by atoms with van der Waals surface area (Å²) in [4.78, 5) is 31.8. The Labute approximate surface area is 205 Å². The largest absolute Gasteiger partial charge is 0.326 e. The molecule has 5 rings (SSSR count). The van der Waals surface area contributed by atoms with Crippen molar-refractivity contribution in [2.24, 2.45) is 5.92 Å². The first-order valence-corrected chi connectivity index (χ1v) is 11.8. The molecule has 1 saturated carbocycles. The van der Waals surface area contributed by atoms with Crippen LogP contribution in [0.2, 0.25) is 0 Å². The zero-order chi connectivity index (χ0) is 24.4. The maximum absolute atomic E-state index is 12.8. The Morgan fingerprint density at radius 1 is 0.943 bits per heavy atom. The molecular formula is C29H28N4O2. The Hall–Kier alpha value is -4.03. The minimum atomic E-state index is -0.139. The third-order valence-corrected chi connectivity index (χ3v) is 6.39. The van der Waals surface area contributed by atoms with Crippen molar-refractivity contribution in [3.8, 4) is 0 Å². The van der Waals surface area contributed by atoms with Gasteiger partial charge in [0.2, 0.25) is 5.91 Å². The molecule has 6 heteroatoms. The normalized spacial score (nSPS) is 16.8. The fraction of sp³-hybridized carbons (Fsp3) is 0.207. The number of nitrogens with zero attached hydrogens (tertiary/aromatic N) is 2. The lowest BCUT2D eigenvalue weighted by Gasteiger charge is -2.15. The van der Waals surface area contributed by atoms with E-state index in [1.165, 1.54) is 0 Å². The van der Waals surface area contributed by atoms with Crippen molar-refractivity contribution in [2.75, 3.05) is 24.7 Å². The van der Waals surface area contributed by atoms with Crippen molar-refractivity contribution in [1.29, 1.82) is 0 Å². The standard InChI is InChI=1S/C29H28N4O2/c1-33(2)18-23-5-3-4-6-27(23)32-28(34)20-9-7-19(8-10-20)25-16-26(25)29(35)31-24-12-11-22-17-30-14-13-21(22)15-24/h3-15,17,25-26H,16,18H2,1-2H3,(H,31,35)(H,32,34)/t25-,26+/m0/s1. The fourth-order valence-electron chi connectivity index (χ4n) is 4.45. The van der Waals surface area contributed by atoms with Crippen LogP contribution in [0.3, 0.4) is 0 Å². The Morgan fingerprint density at radius 2 is 1.74 bits per heavy atom. The molecule has 4 aromatic rings. The molecule has 176 valence electrons. The SMILES string of the molecule is CN(C)Cc1ccccc1NC(=O)c1ccc([C@@H]2C[C@H]2C(=O)Nc2ccc3cnccc3c2)cc1. The van der Waals surface area contributed by atoms with E-state index in [9.17, 15) is 9.59 Å². The Bertz CT molecular complexity index is 1380. The Kier molecular flexibility index (Phi) is 6.29. The summed E-state index contributed by atoms with van der Waals surface area (Å²) in [7, 11) is 4.00. The number of pyridine rings is 1. The first-order chi connectivity index (χ1) is 17.0. The average Bonchev–Trinajstić information content (AvgIpc) is 3.66. The van der Waals surface area contributed by atoms with Gasteiger partial charge in [0, 0.05) is 47.2 Å². The van der Waals surface area contributed by atoms with Gasteiger partial charge >= 0.3 is 0 Å². The zero-order valence-electron chi connectivity index (χ0n) is 19.9. The molecule has 1 aliphatic rings. The molecule has 1 fully saturated rings. The molecule has 2 atom stereocenters. The summed E-state index contributed by atoms with van der Waals surface area (Å²) < 4.78 is 0. The number of hydrogen-bond donors (Lipinski definition) is 2. The van der Waals surface area contributed by atoms with Gasteiger partial charge in [0.25, 0.3) is 5.91 Å². The summed E-state index contributed by atoms with van der Waals surface area (Å²) >= 11 is 0. The second-order valence-electron chi connectivity index (χ2n) is 9.35. The third kappa shape index (κ3) is 5.23. The fourth-order valence-corrected chi connectivity index (χ4v) is 4.45. The molecule has 6 nitrogen and oxygen atoms in total. The van der Waals surface area contributed by atoms with Crippen LogP contribution in [0, 0.1) is 5.92 Å². The Balaban J connectivity index is 1.20. The van der Waals surface area contributed by atoms with E-state index in [4.69, 9.17) is 0 Å². The first kappa shape index (κ1) is 22.7. The van der Waals surface area contributed by atoms with Crippen LogP contribution in [0.25, 0.3) is 10.8 Å². The highest BCUT2D eigenvalue weighted by Gasteiger charge is 2.43. The van der Waals surface area contributed by atoms with Gasteiger partial charge in [-0.15, -0.1) is 0 Å². The van der Waals surface area contributed by atoms with Gasteiger partial charge < -0.3 is 15.5 Å². The third-order valence-electron chi connectivity index (χ3n) is 6.39. The lowest BCUT2D eigenvalue weighted by Crippen LogP contribution is -2.16. The van der Waals surface area contributed by atoms with Crippen LogP contribution in [0.1, 0.15) is 33.8 Å². The smallest absolute Gasteiger partial charge is 0.255 e. The number of rotatable bonds is 7. The highest BCUT2D eigenvalue weighted by Crippen LogP contribution is 2.48. The van der Waals surface area contributed by atoms with E-state index in [0.29, 0.717) is 5.56 Å². The summed E-state index contributed by atoms with van der Waals surface area (Å²) in [6.07, 6.45) is 4.37. The van der Waals surface area contributed by atoms with E-state index in [2.05, 4.69) is 20.5 Å². The van der Waals surface area contributed by atoms with Gasteiger partial charge in [0.05, 0.1) is 0 Å². The van der Waals surface area contributed by atoms with Crippen molar-refractivity contribution in [2.45, 2.75) is 18.9 Å². The molecule has 1 aliphatic carbocycles. The van der Waals surface area contributed by atoms with E-state index in [0.717, 1.165) is 46.2 Å². The van der Waals surface area contributed by atoms with Gasteiger partial charge in [0.1, 0.15) is 0 Å². The van der Waals surface area contributed by atoms with Gasteiger partial charge in [-0.3, -0.25) is 14.6 Å². The monoisotopic (exact) mass is 464 g/mol. The van der Waals surface area contributed by atoms with E-state index in [1.807, 2.05) is 93.1 Å². The number of aromatic nitrogens is 1. The number of nitrogens with one attached hydrogen (secondary N) is 2. The number of carbonyl (C=O) groups is 2. The number of carbonyl (C=O) groups excluding carboxylic acids is 2. The number of fused-ring (bicyclic) bond motifs is 1. The molecular weight excluding hydrogens is 436 g/mol. The summed E-state index contributed by atoms with van der Waals surface area (Å²) in [5.74, 6) is 0.0142. The van der Waals surface area contributed by atoms with Crippen molar-refractivity contribution >= 4 is 34.0 Å². The number of hydrogen-bond acceptors (Lipinski definition) is 4. The van der Waals surface area contributed by atoms with Gasteiger partial charge in [0.15, 0.2) is 0 Å². The first-order valence-electron chi connectivity index (χ1n) is 11.8. The second kappa shape index (κ2) is 9.68. The lowest BCUT2D eigenvalue weighted by molar-refractivity contribution is -0.117. The van der Waals surface area contributed by atoms with Crippen LogP contribution < -0.4 is 10.6 Å². The molecule has 0 bridgehead atoms. The quantitative estimate of drug-likeness (QED) is 0.390. The van der Waals surface area contributed by atoms with Crippen molar-refractivity contribution in [3.05, 3.63) is 102 Å². The molecule has 1 heterocycles. The van der Waals surface area contributed by atoms with Crippen LogP contribution in [-0.4, -0.2) is 35.8 Å². The number of amides is 2. The van der Waals surface area contributed by atoms with E-state index < -0.39 is 0 Å². The van der Waals surface area contributed by atoms with Gasteiger partial charge in [-0.05, 0) is 79.3 Å². The summed E-state index contributed by atoms with van der Waals surface area (Å²) in [6, 6.07) is 23.2. The topological polar surface area (TPSA) is 74.3 Å². The number of para-hydroxylation sites is 1. The van der Waals surface area contributed by atoms with Gasteiger partial charge in [-0.25, -0.2) is 0 Å². The van der Waals surface area contributed by atoms with Crippen LogP contribution in [0.5, 0.6) is 0 Å². The van der Waals surface area contributed by atoms with Crippen LogP contribution >= 0.6 is 0 Å². The number of benzene rings is 3. The predicted molar refractivity (Wildman–Crippen MR) is 139 cm³/mol. The van der Waals surface area contributed by atoms with Crippen molar-refractivity contribution < 1.29 is 9.59 Å². The highest BCUT2D eigenvalue weighted by molar-refractivity contribution is 6.04. The van der Waals surface area contributed by atoms with Crippen LogP contribution in [0.15, 0.2) is 85.2 Å². The van der Waals surface area contributed by atoms with E-state index in [1.54, 1.807) is 6.20 Å². The van der Waals surface area contributed by atoms with Gasteiger partial charge in [-0.2, -0.15) is 0 Å². The van der Waals surface area contributed by atoms with E-state index >= 15 is 0 Å². The molecule has 0 saturated heterocycles. The van der Waals surface area contributed by atoms with Crippen LogP contribution in [-0.2, 0) is 11.3 Å². The summed E-state index contributed by atoms with van der Waals surface area (Å²) in [5, 5.41) is 8.16. The molecule has 0 unspecified atom stereocenters. The maximum atomic E-state index is 12.8. The summed E-state index contributed by atoms with van der Waals surface area (Å²) in [5.41, 5.74) is 4.36. The molecule has 0 radical (unpaired) electrons. The van der Waals surface area contributed by atoms with E-state index in [-0.39, 0.29) is 23.7 Å². The minimum absolute atomic E-state index is 0.0303. The summed E-state index contributed by atoms with van der Waals surface area (Å²) in [6.45, 7) is 0.747. The molecule has 0 spiro atoms. The molecule has 2 amide bonds. The second-order valence-corrected chi connectivity index (χ2v) is 9.35. The highest BCUT2D eigenvalue weighted by atomic mass is 16.2. The Morgan fingerprint density at radius 3 is 2.54 bits per heavy atom. The lowest BCUT2D eigenvalue weighted by atomic mass is 10.1.